The van der Waals surface area contributed by atoms with Crippen molar-refractivity contribution >= 4 is 42.0 Å². The molecule has 1 fully saturated rings. The number of guanidine groups is 1. The highest BCUT2D eigenvalue weighted by molar-refractivity contribution is 14.0. The Morgan fingerprint density at radius 2 is 1.93 bits per heavy atom. The van der Waals surface area contributed by atoms with E-state index < -0.39 is 0 Å². The van der Waals surface area contributed by atoms with E-state index in [9.17, 15) is 4.79 Å². The average Bonchev–Trinajstić information content (AvgIpc) is 2.70. The van der Waals surface area contributed by atoms with E-state index in [0.717, 1.165) is 51.6 Å². The van der Waals surface area contributed by atoms with Gasteiger partial charge in [0, 0.05) is 52.7 Å². The number of benzene rings is 1. The number of carbonyl (C=O) groups is 1. The number of ether oxygens (including phenoxy) is 1. The normalized spacial score (nSPS) is 15.4. The van der Waals surface area contributed by atoms with Gasteiger partial charge >= 0.3 is 5.97 Å². The van der Waals surface area contributed by atoms with E-state index >= 15 is 0 Å². The SMILES string of the molecule is CCOC(=O)CCCNC(=NC)N1CCN(C/C=C/c2ccccc2)CC1.I. The molecule has 6 nitrogen and oxygen atoms in total. The Labute approximate surface area is 186 Å². The third kappa shape index (κ3) is 9.05. The number of carbonyl (C=O) groups excluding carboxylic acids is 1. The number of piperazine rings is 1. The monoisotopic (exact) mass is 500 g/mol. The fourth-order valence-electron chi connectivity index (χ4n) is 3.04. The Balaban J connectivity index is 0.00000392. The van der Waals surface area contributed by atoms with E-state index in [1.807, 2.05) is 20.0 Å². The number of nitrogens with zero attached hydrogens (tertiary/aromatic N) is 3. The molecule has 0 unspecified atom stereocenters. The number of nitrogens with one attached hydrogen (secondary N) is 1. The van der Waals surface area contributed by atoms with Crippen molar-refractivity contribution in [3.05, 3.63) is 42.0 Å². The van der Waals surface area contributed by atoms with Crippen molar-refractivity contribution < 1.29 is 9.53 Å². The number of rotatable bonds is 8. The van der Waals surface area contributed by atoms with Gasteiger partial charge in [0.15, 0.2) is 5.96 Å². The summed E-state index contributed by atoms with van der Waals surface area (Å²) >= 11 is 0. The van der Waals surface area contributed by atoms with Crippen LogP contribution in [0, 0.1) is 0 Å². The minimum absolute atomic E-state index is 0. The molecule has 0 bridgehead atoms. The van der Waals surface area contributed by atoms with Crippen molar-refractivity contribution in [2.24, 2.45) is 4.99 Å². The molecule has 7 heteroatoms. The van der Waals surface area contributed by atoms with E-state index in [1.165, 1.54) is 5.56 Å². The first-order chi connectivity index (χ1) is 13.2. The van der Waals surface area contributed by atoms with Gasteiger partial charge in [-0.3, -0.25) is 14.7 Å². The molecule has 0 spiro atoms. The lowest BCUT2D eigenvalue weighted by atomic mass is 10.2. The van der Waals surface area contributed by atoms with Crippen LogP contribution in [0.2, 0.25) is 0 Å². The summed E-state index contributed by atoms with van der Waals surface area (Å²) in [7, 11) is 1.81. The molecule has 1 aliphatic rings. The molecule has 0 saturated carbocycles. The zero-order chi connectivity index (χ0) is 19.3. The molecule has 1 saturated heterocycles. The summed E-state index contributed by atoms with van der Waals surface area (Å²) in [5.74, 6) is 0.782. The highest BCUT2D eigenvalue weighted by Gasteiger charge is 2.18. The van der Waals surface area contributed by atoms with Crippen LogP contribution in [0.4, 0.5) is 0 Å². The van der Waals surface area contributed by atoms with Crippen LogP contribution in [0.1, 0.15) is 25.3 Å². The van der Waals surface area contributed by atoms with Gasteiger partial charge in [0.1, 0.15) is 0 Å². The van der Waals surface area contributed by atoms with Gasteiger partial charge in [0.05, 0.1) is 6.61 Å². The molecule has 0 aliphatic carbocycles. The second-order valence-electron chi connectivity index (χ2n) is 6.48. The van der Waals surface area contributed by atoms with E-state index in [0.29, 0.717) is 13.0 Å². The van der Waals surface area contributed by atoms with Gasteiger partial charge in [0.2, 0.25) is 0 Å². The fraction of sp³-hybridized carbons (Fsp3) is 0.524. The molecular formula is C21H33IN4O2. The van der Waals surface area contributed by atoms with Gasteiger partial charge in [0.25, 0.3) is 0 Å². The maximum Gasteiger partial charge on any atom is 0.305 e. The molecule has 1 aromatic rings. The molecule has 1 aliphatic heterocycles. The van der Waals surface area contributed by atoms with Gasteiger partial charge in [-0.05, 0) is 18.9 Å². The summed E-state index contributed by atoms with van der Waals surface area (Å²) in [4.78, 5) is 20.5. The molecule has 2 rings (SSSR count). The molecule has 0 amide bonds. The largest absolute Gasteiger partial charge is 0.466 e. The Bertz CT molecular complexity index is 614. The molecular weight excluding hydrogens is 467 g/mol. The van der Waals surface area contributed by atoms with Gasteiger partial charge in [-0.15, -0.1) is 24.0 Å². The third-order valence-electron chi connectivity index (χ3n) is 4.50. The summed E-state index contributed by atoms with van der Waals surface area (Å²) in [6.07, 6.45) is 5.60. The number of aliphatic imine (C=N–C) groups is 1. The van der Waals surface area contributed by atoms with E-state index in [4.69, 9.17) is 4.74 Å². The maximum atomic E-state index is 11.4. The smallest absolute Gasteiger partial charge is 0.305 e. The van der Waals surface area contributed by atoms with Crippen molar-refractivity contribution in [3.63, 3.8) is 0 Å². The second-order valence-corrected chi connectivity index (χ2v) is 6.48. The van der Waals surface area contributed by atoms with Crippen molar-refractivity contribution in [1.29, 1.82) is 0 Å². The molecule has 1 N–H and O–H groups in total. The first-order valence-electron chi connectivity index (χ1n) is 9.78. The fourth-order valence-corrected chi connectivity index (χ4v) is 3.04. The Morgan fingerprint density at radius 1 is 1.21 bits per heavy atom. The first kappa shape index (κ1) is 24.4. The first-order valence-corrected chi connectivity index (χ1v) is 9.78. The summed E-state index contributed by atoms with van der Waals surface area (Å²) in [5.41, 5.74) is 1.24. The number of halogens is 1. The van der Waals surface area contributed by atoms with Crippen LogP contribution in [-0.4, -0.2) is 74.7 Å². The van der Waals surface area contributed by atoms with E-state index in [2.05, 4.69) is 56.5 Å². The minimum atomic E-state index is -0.133. The molecule has 0 atom stereocenters. The number of esters is 1. The number of hydrogen-bond donors (Lipinski definition) is 1. The highest BCUT2D eigenvalue weighted by atomic mass is 127. The van der Waals surface area contributed by atoms with Gasteiger partial charge in [-0.2, -0.15) is 0 Å². The van der Waals surface area contributed by atoms with Gasteiger partial charge in [-0.25, -0.2) is 0 Å². The van der Waals surface area contributed by atoms with Crippen molar-refractivity contribution in [3.8, 4) is 0 Å². The Morgan fingerprint density at radius 3 is 2.57 bits per heavy atom. The highest BCUT2D eigenvalue weighted by Crippen LogP contribution is 2.05. The lowest BCUT2D eigenvalue weighted by Crippen LogP contribution is -2.52. The lowest BCUT2D eigenvalue weighted by Gasteiger charge is -2.36. The molecule has 1 aromatic carbocycles. The number of hydrogen-bond acceptors (Lipinski definition) is 4. The van der Waals surface area contributed by atoms with Crippen LogP contribution in [0.15, 0.2) is 41.4 Å². The topological polar surface area (TPSA) is 57.2 Å². The van der Waals surface area contributed by atoms with Crippen LogP contribution < -0.4 is 5.32 Å². The molecule has 0 radical (unpaired) electrons. The molecule has 1 heterocycles. The van der Waals surface area contributed by atoms with Crippen LogP contribution in [0.3, 0.4) is 0 Å². The Hall–Kier alpha value is -1.61. The summed E-state index contributed by atoms with van der Waals surface area (Å²) in [5, 5.41) is 3.35. The predicted octanol–water partition coefficient (Wildman–Crippen LogP) is 2.85. The summed E-state index contributed by atoms with van der Waals surface area (Å²) in [6, 6.07) is 10.4. The zero-order valence-electron chi connectivity index (χ0n) is 17.0. The zero-order valence-corrected chi connectivity index (χ0v) is 19.3. The lowest BCUT2D eigenvalue weighted by molar-refractivity contribution is -0.143. The van der Waals surface area contributed by atoms with Crippen molar-refractivity contribution in [2.45, 2.75) is 19.8 Å². The average molecular weight is 500 g/mol. The molecule has 0 aromatic heterocycles. The van der Waals surface area contributed by atoms with Crippen molar-refractivity contribution in [2.75, 3.05) is 52.9 Å². The van der Waals surface area contributed by atoms with Crippen LogP contribution in [0.25, 0.3) is 6.08 Å². The van der Waals surface area contributed by atoms with Gasteiger partial charge in [-0.1, -0.05) is 42.5 Å². The van der Waals surface area contributed by atoms with Crippen molar-refractivity contribution in [1.82, 2.24) is 15.1 Å². The van der Waals surface area contributed by atoms with E-state index in [-0.39, 0.29) is 29.9 Å². The quantitative estimate of drug-likeness (QED) is 0.196. The third-order valence-corrected chi connectivity index (χ3v) is 4.50. The molecule has 28 heavy (non-hydrogen) atoms. The molecule has 156 valence electrons. The standard InChI is InChI=1S/C21H32N4O2.HI/c1-3-27-20(26)12-7-13-23-21(22-2)25-17-15-24(16-18-25)14-8-11-19-9-5-4-6-10-19;/h4-6,8-11H,3,7,12-18H2,1-2H3,(H,22,23);1H/b11-8+;. The predicted molar refractivity (Wildman–Crippen MR) is 126 cm³/mol. The van der Waals surface area contributed by atoms with E-state index in [1.54, 1.807) is 0 Å². The van der Waals surface area contributed by atoms with Gasteiger partial charge < -0.3 is 15.0 Å². The second kappa shape index (κ2) is 14.4. The van der Waals surface area contributed by atoms with Crippen LogP contribution in [-0.2, 0) is 9.53 Å². The summed E-state index contributed by atoms with van der Waals surface area (Å²) in [6.45, 7) is 7.91. The minimum Gasteiger partial charge on any atom is -0.466 e. The van der Waals surface area contributed by atoms with Crippen LogP contribution >= 0.6 is 24.0 Å². The van der Waals surface area contributed by atoms with Crippen LogP contribution in [0.5, 0.6) is 0 Å². The summed E-state index contributed by atoms with van der Waals surface area (Å²) < 4.78 is 4.95. The maximum absolute atomic E-state index is 11.4. The Kier molecular flexibility index (Phi) is 12.6.